The number of benzene rings is 1. The normalized spacial score (nSPS) is 20.7. The van der Waals surface area contributed by atoms with E-state index in [1.807, 2.05) is 39.8 Å². The monoisotopic (exact) mass is 579 g/mol. The number of carbonyl (C=O) groups excluding carboxylic acids is 3. The Balaban J connectivity index is 1.49. The van der Waals surface area contributed by atoms with E-state index in [1.165, 1.54) is 0 Å². The predicted molar refractivity (Wildman–Crippen MR) is 166 cm³/mol. The molecule has 1 amide bonds. The Morgan fingerprint density at radius 3 is 2.43 bits per heavy atom. The molecule has 1 heterocycles. The molecule has 9 heteroatoms. The van der Waals surface area contributed by atoms with E-state index in [4.69, 9.17) is 16.2 Å². The molecule has 0 aliphatic heterocycles. The molecule has 42 heavy (non-hydrogen) atoms. The maximum absolute atomic E-state index is 13.1. The molecule has 1 aromatic carbocycles. The average molecular weight is 580 g/mol. The molecule has 1 atom stereocenters. The van der Waals surface area contributed by atoms with Crippen molar-refractivity contribution < 1.29 is 19.1 Å². The average Bonchev–Trinajstić information content (AvgIpc) is 3.15. The lowest BCUT2D eigenvalue weighted by molar-refractivity contribution is -0.154. The summed E-state index contributed by atoms with van der Waals surface area (Å²) in [5, 5.41) is 6.86. The zero-order valence-electron chi connectivity index (χ0n) is 26.1. The number of anilines is 1. The molecule has 6 N–H and O–H groups in total. The first-order chi connectivity index (χ1) is 19.8. The highest BCUT2D eigenvalue weighted by Gasteiger charge is 2.36. The van der Waals surface area contributed by atoms with Crippen LogP contribution < -0.4 is 22.1 Å². The number of rotatable bonds is 11. The summed E-state index contributed by atoms with van der Waals surface area (Å²) in [5.74, 6) is -0.386. The van der Waals surface area contributed by atoms with Gasteiger partial charge in [0.05, 0.1) is 5.56 Å². The predicted octanol–water partition coefficient (Wildman–Crippen LogP) is 4.58. The van der Waals surface area contributed by atoms with Gasteiger partial charge in [0, 0.05) is 40.8 Å². The zero-order valence-corrected chi connectivity index (χ0v) is 26.1. The summed E-state index contributed by atoms with van der Waals surface area (Å²) in [4.78, 5) is 38.4. The van der Waals surface area contributed by atoms with Crippen LogP contribution in [0.3, 0.4) is 0 Å². The number of hydrogen-bond acceptors (Lipinski definition) is 7. The maximum Gasteiger partial charge on any atom is 0.323 e. The highest BCUT2D eigenvalue weighted by atomic mass is 16.5. The van der Waals surface area contributed by atoms with Gasteiger partial charge in [-0.1, -0.05) is 27.7 Å². The molecule has 1 aromatic heterocycles. The maximum atomic E-state index is 13.1. The topological polar surface area (TPSA) is 141 Å². The van der Waals surface area contributed by atoms with E-state index in [2.05, 4.69) is 29.0 Å². The third-order valence-corrected chi connectivity index (χ3v) is 8.88. The SMILES string of the molecule is Cc1c2c(n(-c3ccc(C(N)=O)c(NC4CCC(OC(=O)[C@@H](NCCCN)C(C)C)CC4)c3)c1C)CC(C)(C)CC2=O. The zero-order chi connectivity index (χ0) is 30.8. The van der Waals surface area contributed by atoms with Crippen molar-refractivity contribution in [2.24, 2.45) is 22.8 Å². The molecule has 4 rings (SSSR count). The Kier molecular flexibility index (Phi) is 9.83. The number of nitrogens with zero attached hydrogens (tertiary/aromatic N) is 1. The van der Waals surface area contributed by atoms with E-state index in [-0.39, 0.29) is 41.3 Å². The lowest BCUT2D eigenvalue weighted by atomic mass is 9.75. The van der Waals surface area contributed by atoms with E-state index in [1.54, 1.807) is 6.07 Å². The number of hydrogen-bond donors (Lipinski definition) is 4. The summed E-state index contributed by atoms with van der Waals surface area (Å²) in [6, 6.07) is 5.42. The molecule has 0 unspecified atom stereocenters. The van der Waals surface area contributed by atoms with Gasteiger partial charge < -0.3 is 31.4 Å². The van der Waals surface area contributed by atoms with Gasteiger partial charge in [-0.15, -0.1) is 0 Å². The molecule has 0 bridgehead atoms. The molecule has 2 aliphatic rings. The van der Waals surface area contributed by atoms with Crippen molar-refractivity contribution in [3.05, 3.63) is 46.3 Å². The Labute approximate surface area is 250 Å². The third kappa shape index (κ3) is 6.89. The fourth-order valence-corrected chi connectivity index (χ4v) is 6.54. The van der Waals surface area contributed by atoms with Gasteiger partial charge in [-0.05, 0) is 101 Å². The molecule has 1 saturated carbocycles. The summed E-state index contributed by atoms with van der Waals surface area (Å²) >= 11 is 0. The standard InChI is InChI=1S/C33H49N5O4/c1-19(2)30(36-15-7-14-34)32(41)42-24-11-8-22(9-12-24)37-26-16-23(10-13-25(26)31(35)40)38-21(4)20(3)29-27(38)17-33(5,6)18-28(29)39/h10,13,16,19,22,24,30,36-37H,7-9,11-12,14-15,17-18,34H2,1-6H3,(H2,35,40)/t22?,24?,30-/m0/s1. The molecular formula is C33H49N5O4. The fraction of sp³-hybridized carbons (Fsp3) is 0.606. The smallest absolute Gasteiger partial charge is 0.323 e. The molecule has 9 nitrogen and oxygen atoms in total. The quantitative estimate of drug-likeness (QED) is 0.226. The number of nitrogens with one attached hydrogen (secondary N) is 2. The first kappa shape index (κ1) is 31.8. The number of amides is 1. The number of ketones is 1. The van der Waals surface area contributed by atoms with Crippen molar-refractivity contribution in [3.63, 3.8) is 0 Å². The second kappa shape index (κ2) is 13.0. The van der Waals surface area contributed by atoms with Crippen LogP contribution in [0.15, 0.2) is 18.2 Å². The van der Waals surface area contributed by atoms with Crippen LogP contribution in [0.4, 0.5) is 5.69 Å². The molecular weight excluding hydrogens is 530 g/mol. The van der Waals surface area contributed by atoms with Crippen molar-refractivity contribution in [3.8, 4) is 5.69 Å². The van der Waals surface area contributed by atoms with Crippen molar-refractivity contribution in [2.75, 3.05) is 18.4 Å². The van der Waals surface area contributed by atoms with E-state index < -0.39 is 5.91 Å². The second-order valence-corrected chi connectivity index (χ2v) is 13.3. The summed E-state index contributed by atoms with van der Waals surface area (Å²) in [6.45, 7) is 13.6. The molecule has 0 saturated heterocycles. The van der Waals surface area contributed by atoms with Gasteiger partial charge >= 0.3 is 5.97 Å². The number of nitrogens with two attached hydrogens (primary N) is 2. The lowest BCUT2D eigenvalue weighted by Gasteiger charge is -2.32. The van der Waals surface area contributed by atoms with Gasteiger partial charge in [0.1, 0.15) is 12.1 Å². The molecule has 1 fully saturated rings. The highest BCUT2D eigenvalue weighted by molar-refractivity contribution is 6.01. The molecule has 2 aromatic rings. The van der Waals surface area contributed by atoms with E-state index in [0.717, 1.165) is 66.7 Å². The fourth-order valence-electron chi connectivity index (χ4n) is 6.54. The molecule has 230 valence electrons. The minimum absolute atomic E-state index is 0.110. The van der Waals surface area contributed by atoms with Crippen LogP contribution in [-0.2, 0) is 16.0 Å². The van der Waals surface area contributed by atoms with Crippen LogP contribution in [0.5, 0.6) is 0 Å². The van der Waals surface area contributed by atoms with Crippen LogP contribution in [-0.4, -0.2) is 53.5 Å². The van der Waals surface area contributed by atoms with E-state index in [0.29, 0.717) is 30.8 Å². The van der Waals surface area contributed by atoms with Gasteiger partial charge in [-0.25, -0.2) is 0 Å². The van der Waals surface area contributed by atoms with Gasteiger partial charge in [-0.2, -0.15) is 0 Å². The minimum Gasteiger partial charge on any atom is -0.461 e. The van der Waals surface area contributed by atoms with Gasteiger partial charge in [0.15, 0.2) is 5.78 Å². The van der Waals surface area contributed by atoms with Gasteiger partial charge in [0.2, 0.25) is 0 Å². The Bertz CT molecular complexity index is 1320. The van der Waals surface area contributed by atoms with Crippen LogP contribution in [0.2, 0.25) is 0 Å². The van der Waals surface area contributed by atoms with Gasteiger partial charge in [0.25, 0.3) is 5.91 Å². The van der Waals surface area contributed by atoms with Crippen molar-refractivity contribution >= 4 is 23.3 Å². The molecule has 2 aliphatic carbocycles. The molecule has 0 spiro atoms. The van der Waals surface area contributed by atoms with Crippen molar-refractivity contribution in [1.29, 1.82) is 0 Å². The summed E-state index contributed by atoms with van der Waals surface area (Å²) in [5.41, 5.74) is 17.2. The number of fused-ring (bicyclic) bond motifs is 1. The number of ether oxygens (including phenoxy) is 1. The minimum atomic E-state index is -0.493. The number of primary amides is 1. The largest absolute Gasteiger partial charge is 0.461 e. The van der Waals surface area contributed by atoms with Gasteiger partial charge in [-0.3, -0.25) is 14.4 Å². The van der Waals surface area contributed by atoms with Crippen molar-refractivity contribution in [2.45, 2.75) is 105 Å². The summed E-state index contributed by atoms with van der Waals surface area (Å²) in [7, 11) is 0. The van der Waals surface area contributed by atoms with Crippen LogP contribution in [0.25, 0.3) is 5.69 Å². The van der Waals surface area contributed by atoms with Crippen LogP contribution in [0.1, 0.15) is 104 Å². The first-order valence-corrected chi connectivity index (χ1v) is 15.4. The summed E-state index contributed by atoms with van der Waals surface area (Å²) in [6.07, 6.45) is 5.09. The number of aromatic nitrogens is 1. The first-order valence-electron chi connectivity index (χ1n) is 15.4. The Hall–Kier alpha value is -3.17. The Morgan fingerprint density at radius 1 is 1.12 bits per heavy atom. The molecule has 0 radical (unpaired) electrons. The Morgan fingerprint density at radius 2 is 1.81 bits per heavy atom. The van der Waals surface area contributed by atoms with E-state index in [9.17, 15) is 14.4 Å². The number of esters is 1. The van der Waals surface area contributed by atoms with E-state index >= 15 is 0 Å². The van der Waals surface area contributed by atoms with Crippen LogP contribution in [0, 0.1) is 25.2 Å². The summed E-state index contributed by atoms with van der Waals surface area (Å²) < 4.78 is 8.08. The number of Topliss-reactive ketones (excluding diaryl/α,β-unsaturated/α-hetero) is 1. The third-order valence-electron chi connectivity index (χ3n) is 8.88. The highest BCUT2D eigenvalue weighted by Crippen LogP contribution is 2.40. The number of carbonyl (C=O) groups is 3. The van der Waals surface area contributed by atoms with Crippen LogP contribution >= 0.6 is 0 Å². The second-order valence-electron chi connectivity index (χ2n) is 13.3. The van der Waals surface area contributed by atoms with Crippen molar-refractivity contribution in [1.82, 2.24) is 9.88 Å². The lowest BCUT2D eigenvalue weighted by Crippen LogP contribution is -2.44.